The van der Waals surface area contributed by atoms with Crippen LogP contribution in [0.25, 0.3) is 0 Å². The lowest BCUT2D eigenvalue weighted by Crippen LogP contribution is -2.35. The molecule has 21 heavy (non-hydrogen) atoms. The van der Waals surface area contributed by atoms with Crippen LogP contribution in [0.4, 0.5) is 0 Å². The van der Waals surface area contributed by atoms with Gasteiger partial charge in [0.15, 0.2) is 0 Å². The normalized spacial score (nSPS) is 27.1. The van der Waals surface area contributed by atoms with Crippen molar-refractivity contribution in [2.24, 2.45) is 23.8 Å². The Bertz CT molecular complexity index is 494. The minimum absolute atomic E-state index is 0.346. The van der Waals surface area contributed by atoms with Crippen molar-refractivity contribution >= 4 is 27.5 Å². The van der Waals surface area contributed by atoms with Crippen LogP contribution in [0.2, 0.25) is 5.15 Å². The van der Waals surface area contributed by atoms with E-state index in [9.17, 15) is 0 Å². The molecule has 1 saturated carbocycles. The Morgan fingerprint density at radius 3 is 2.29 bits per heavy atom. The predicted molar refractivity (Wildman–Crippen MR) is 94.3 cm³/mol. The van der Waals surface area contributed by atoms with E-state index in [0.29, 0.717) is 10.8 Å². The summed E-state index contributed by atoms with van der Waals surface area (Å²) >= 11 is 10.2. The molecule has 1 fully saturated rings. The molecule has 0 radical (unpaired) electrons. The highest BCUT2D eigenvalue weighted by Crippen LogP contribution is 2.48. The van der Waals surface area contributed by atoms with Crippen molar-refractivity contribution in [1.82, 2.24) is 9.78 Å². The van der Waals surface area contributed by atoms with Gasteiger partial charge in [0, 0.05) is 17.9 Å². The monoisotopic (exact) mass is 374 g/mol. The quantitative estimate of drug-likeness (QED) is 0.634. The van der Waals surface area contributed by atoms with Gasteiger partial charge in [-0.15, -0.1) is 0 Å². The summed E-state index contributed by atoms with van der Waals surface area (Å²) in [6.07, 6.45) is 6.27. The summed E-state index contributed by atoms with van der Waals surface area (Å²) < 4.78 is 1.80. The molecule has 0 aromatic carbocycles. The molecular weight excluding hydrogens is 348 g/mol. The highest BCUT2D eigenvalue weighted by Gasteiger charge is 2.39. The van der Waals surface area contributed by atoms with Crippen molar-refractivity contribution in [2.45, 2.75) is 59.8 Å². The Hall–Kier alpha value is -0.0200. The molecule has 1 aromatic heterocycles. The largest absolute Gasteiger partial charge is 0.257 e. The number of aryl methyl sites for hydroxylation is 2. The molecule has 0 unspecified atom stereocenters. The molecule has 0 spiro atoms. The summed E-state index contributed by atoms with van der Waals surface area (Å²) in [5.41, 5.74) is 3.10. The second-order valence-corrected chi connectivity index (χ2v) is 8.85. The van der Waals surface area contributed by atoms with Gasteiger partial charge in [0.25, 0.3) is 0 Å². The fourth-order valence-electron chi connectivity index (χ4n) is 3.70. The van der Waals surface area contributed by atoms with Gasteiger partial charge in [0.2, 0.25) is 0 Å². The van der Waals surface area contributed by atoms with Gasteiger partial charge in [-0.1, -0.05) is 48.3 Å². The molecule has 1 aliphatic carbocycles. The molecule has 0 bridgehead atoms. The van der Waals surface area contributed by atoms with Gasteiger partial charge in [0.05, 0.1) is 5.69 Å². The molecule has 120 valence electrons. The average molecular weight is 376 g/mol. The summed E-state index contributed by atoms with van der Waals surface area (Å²) in [4.78, 5) is 0. The number of alkyl halides is 1. The van der Waals surface area contributed by atoms with E-state index in [4.69, 9.17) is 11.6 Å². The lowest BCUT2D eigenvalue weighted by Gasteiger charge is -2.43. The molecule has 0 N–H and O–H groups in total. The van der Waals surface area contributed by atoms with Crippen molar-refractivity contribution in [3.63, 3.8) is 0 Å². The van der Waals surface area contributed by atoms with Gasteiger partial charge in [-0.2, -0.15) is 5.10 Å². The summed E-state index contributed by atoms with van der Waals surface area (Å²) in [5.74, 6) is 0.843. The number of hydrogen-bond donors (Lipinski definition) is 0. The van der Waals surface area contributed by atoms with Crippen LogP contribution in [0.3, 0.4) is 0 Å². The topological polar surface area (TPSA) is 17.8 Å². The van der Waals surface area contributed by atoms with Crippen LogP contribution in [0.15, 0.2) is 0 Å². The Morgan fingerprint density at radius 2 is 1.90 bits per heavy atom. The summed E-state index contributed by atoms with van der Waals surface area (Å²) in [6.45, 7) is 9.20. The Kier molecular flexibility index (Phi) is 5.15. The van der Waals surface area contributed by atoms with Crippen molar-refractivity contribution < 1.29 is 0 Å². The standard InChI is InChI=1S/C17H28BrClN2/c1-12-14(15(19)21(5)20-12)10-17(11-18)8-6-13(7-9-17)16(2,3)4/h13H,6-11H2,1-5H3. The molecule has 2 rings (SSSR count). The molecule has 0 saturated heterocycles. The third kappa shape index (κ3) is 3.67. The number of halogens is 2. The molecule has 1 heterocycles. The van der Waals surface area contributed by atoms with Gasteiger partial charge in [-0.25, -0.2) is 0 Å². The molecular formula is C17H28BrClN2. The zero-order valence-corrected chi connectivity index (χ0v) is 16.3. The van der Waals surface area contributed by atoms with Crippen LogP contribution >= 0.6 is 27.5 Å². The maximum absolute atomic E-state index is 6.44. The first kappa shape index (κ1) is 17.3. The van der Waals surface area contributed by atoms with Gasteiger partial charge in [-0.05, 0) is 55.8 Å². The maximum atomic E-state index is 6.44. The zero-order valence-electron chi connectivity index (χ0n) is 14.0. The van der Waals surface area contributed by atoms with Gasteiger partial charge in [0.1, 0.15) is 5.15 Å². The SMILES string of the molecule is Cc1nn(C)c(Cl)c1CC1(CBr)CCC(C(C)(C)C)CC1. The van der Waals surface area contributed by atoms with E-state index in [1.807, 2.05) is 7.05 Å². The highest BCUT2D eigenvalue weighted by atomic mass is 79.9. The fourth-order valence-corrected chi connectivity index (χ4v) is 4.70. The number of hydrogen-bond acceptors (Lipinski definition) is 1. The first-order valence-electron chi connectivity index (χ1n) is 7.92. The van der Waals surface area contributed by atoms with Crippen LogP contribution < -0.4 is 0 Å². The summed E-state index contributed by atoms with van der Waals surface area (Å²) in [6, 6.07) is 0. The summed E-state index contributed by atoms with van der Waals surface area (Å²) in [5, 5.41) is 6.33. The van der Waals surface area contributed by atoms with Gasteiger partial charge >= 0.3 is 0 Å². The van der Waals surface area contributed by atoms with Gasteiger partial charge in [-0.3, -0.25) is 4.68 Å². The van der Waals surface area contributed by atoms with Crippen LogP contribution in [-0.2, 0) is 13.5 Å². The first-order chi connectivity index (χ1) is 9.68. The van der Waals surface area contributed by atoms with E-state index in [2.05, 4.69) is 48.7 Å². The van der Waals surface area contributed by atoms with Crippen LogP contribution in [-0.4, -0.2) is 15.1 Å². The van der Waals surface area contributed by atoms with E-state index in [0.717, 1.165) is 28.5 Å². The Balaban J connectivity index is 2.14. The predicted octanol–water partition coefficient (Wildman–Crippen LogP) is 5.54. The molecule has 0 aliphatic heterocycles. The third-order valence-electron chi connectivity index (χ3n) is 5.38. The Morgan fingerprint density at radius 1 is 1.33 bits per heavy atom. The van der Waals surface area contributed by atoms with E-state index < -0.39 is 0 Å². The molecule has 4 heteroatoms. The van der Waals surface area contributed by atoms with Crippen molar-refractivity contribution in [2.75, 3.05) is 5.33 Å². The van der Waals surface area contributed by atoms with E-state index >= 15 is 0 Å². The highest BCUT2D eigenvalue weighted by molar-refractivity contribution is 9.09. The average Bonchev–Trinajstić information content (AvgIpc) is 2.65. The molecule has 2 nitrogen and oxygen atoms in total. The number of nitrogens with zero attached hydrogens (tertiary/aromatic N) is 2. The van der Waals surface area contributed by atoms with Crippen molar-refractivity contribution in [1.29, 1.82) is 0 Å². The molecule has 1 aromatic rings. The minimum atomic E-state index is 0.346. The Labute approximate surface area is 142 Å². The molecule has 0 amide bonds. The minimum Gasteiger partial charge on any atom is -0.257 e. The lowest BCUT2D eigenvalue weighted by molar-refractivity contribution is 0.103. The molecule has 1 aliphatic rings. The van der Waals surface area contributed by atoms with Crippen molar-refractivity contribution in [3.05, 3.63) is 16.4 Å². The second-order valence-electron chi connectivity index (χ2n) is 7.93. The lowest BCUT2D eigenvalue weighted by atomic mass is 9.63. The van der Waals surface area contributed by atoms with Crippen LogP contribution in [0.5, 0.6) is 0 Å². The maximum Gasteiger partial charge on any atom is 0.130 e. The van der Waals surface area contributed by atoms with Crippen LogP contribution in [0, 0.1) is 23.7 Å². The second kappa shape index (κ2) is 6.23. The van der Waals surface area contributed by atoms with Crippen LogP contribution in [0.1, 0.15) is 57.7 Å². The zero-order chi connectivity index (χ0) is 15.8. The van der Waals surface area contributed by atoms with E-state index in [1.165, 1.54) is 31.2 Å². The van der Waals surface area contributed by atoms with Crippen molar-refractivity contribution in [3.8, 4) is 0 Å². The smallest absolute Gasteiger partial charge is 0.130 e. The first-order valence-corrected chi connectivity index (χ1v) is 9.42. The number of aromatic nitrogens is 2. The fraction of sp³-hybridized carbons (Fsp3) is 0.824. The third-order valence-corrected chi connectivity index (χ3v) is 7.04. The van der Waals surface area contributed by atoms with E-state index in [1.54, 1.807) is 4.68 Å². The van der Waals surface area contributed by atoms with E-state index in [-0.39, 0.29) is 0 Å². The van der Waals surface area contributed by atoms with Gasteiger partial charge < -0.3 is 0 Å². The molecule has 0 atom stereocenters. The summed E-state index contributed by atoms with van der Waals surface area (Å²) in [7, 11) is 1.93. The number of rotatable bonds is 3.